The molecule has 0 fully saturated rings. The van der Waals surface area contributed by atoms with E-state index in [0.29, 0.717) is 11.7 Å². The average molecular weight is 300 g/mol. The minimum atomic E-state index is -0.160. The van der Waals surface area contributed by atoms with Gasteiger partial charge in [0.15, 0.2) is 5.89 Å². The van der Waals surface area contributed by atoms with Gasteiger partial charge < -0.3 is 9.73 Å². The number of rotatable bonds is 3. The molecule has 0 aliphatic carbocycles. The molecule has 0 saturated heterocycles. The van der Waals surface area contributed by atoms with Crippen molar-refractivity contribution in [3.8, 4) is 0 Å². The number of nitrogens with one attached hydrogen (secondary N) is 1. The maximum atomic E-state index is 12.3. The second-order valence-corrected chi connectivity index (χ2v) is 6.82. The van der Waals surface area contributed by atoms with Crippen molar-refractivity contribution >= 4 is 11.6 Å². The van der Waals surface area contributed by atoms with E-state index >= 15 is 0 Å². The van der Waals surface area contributed by atoms with Crippen LogP contribution >= 0.6 is 0 Å². The van der Waals surface area contributed by atoms with Crippen molar-refractivity contribution in [1.29, 1.82) is 0 Å². The zero-order valence-electron chi connectivity index (χ0n) is 14.2. The van der Waals surface area contributed by atoms with Crippen molar-refractivity contribution in [3.63, 3.8) is 0 Å². The number of hydrogen-bond acceptors (Lipinski definition) is 3. The van der Waals surface area contributed by atoms with Crippen LogP contribution in [0.4, 0.5) is 5.69 Å². The third-order valence-electron chi connectivity index (χ3n) is 3.52. The molecule has 1 heterocycles. The van der Waals surface area contributed by atoms with Crippen molar-refractivity contribution < 1.29 is 9.21 Å². The minimum Gasteiger partial charge on any atom is -0.444 e. The molecule has 0 spiro atoms. The smallest absolute Gasteiger partial charge is 0.232 e. The highest BCUT2D eigenvalue weighted by Crippen LogP contribution is 2.24. The molecule has 1 N–H and O–H groups in total. The number of carbonyl (C=O) groups excluding carboxylic acids is 1. The normalized spacial score (nSPS) is 11.5. The monoisotopic (exact) mass is 300 g/mol. The number of carbonyl (C=O) groups is 1. The third-order valence-corrected chi connectivity index (χ3v) is 3.52. The van der Waals surface area contributed by atoms with E-state index in [0.717, 1.165) is 22.5 Å². The summed E-state index contributed by atoms with van der Waals surface area (Å²) in [6.07, 6.45) is 0.197. The van der Waals surface area contributed by atoms with Crippen LogP contribution in [0, 0.1) is 20.8 Å². The number of anilines is 1. The summed E-state index contributed by atoms with van der Waals surface area (Å²) >= 11 is 0. The molecule has 0 saturated carbocycles. The summed E-state index contributed by atoms with van der Waals surface area (Å²) < 4.78 is 5.77. The summed E-state index contributed by atoms with van der Waals surface area (Å²) in [4.78, 5) is 16.7. The Morgan fingerprint density at radius 3 is 2.50 bits per heavy atom. The molecule has 1 aromatic carbocycles. The number of aryl methyl sites for hydroxylation is 3. The Balaban J connectivity index is 2.13. The number of benzene rings is 1. The summed E-state index contributed by atoms with van der Waals surface area (Å²) in [5.74, 6) is 1.21. The van der Waals surface area contributed by atoms with Crippen LogP contribution < -0.4 is 5.32 Å². The molecule has 22 heavy (non-hydrogen) atoms. The Kier molecular flexibility index (Phi) is 4.40. The van der Waals surface area contributed by atoms with Crippen LogP contribution in [0.15, 0.2) is 22.6 Å². The van der Waals surface area contributed by atoms with E-state index in [1.807, 2.05) is 59.7 Å². The van der Waals surface area contributed by atoms with Crippen LogP contribution in [0.1, 0.15) is 49.2 Å². The lowest BCUT2D eigenvalue weighted by atomic mass is 9.97. The van der Waals surface area contributed by atoms with Crippen LogP contribution in [-0.2, 0) is 16.6 Å². The first-order valence-electron chi connectivity index (χ1n) is 7.50. The van der Waals surface area contributed by atoms with Gasteiger partial charge in [-0.25, -0.2) is 4.98 Å². The topological polar surface area (TPSA) is 55.1 Å². The Labute approximate surface area is 131 Å². The van der Waals surface area contributed by atoms with E-state index in [1.165, 1.54) is 0 Å². The van der Waals surface area contributed by atoms with Gasteiger partial charge in [-0.05, 0) is 38.0 Å². The highest BCUT2D eigenvalue weighted by atomic mass is 16.4. The fourth-order valence-electron chi connectivity index (χ4n) is 2.12. The number of nitrogens with zero attached hydrogens (tertiary/aromatic N) is 1. The van der Waals surface area contributed by atoms with Crippen molar-refractivity contribution in [1.82, 2.24) is 4.98 Å². The fourth-order valence-corrected chi connectivity index (χ4v) is 2.12. The summed E-state index contributed by atoms with van der Waals surface area (Å²) in [6.45, 7) is 12.0. The molecule has 0 aliphatic heterocycles. The third kappa shape index (κ3) is 3.75. The minimum absolute atomic E-state index is 0.0894. The van der Waals surface area contributed by atoms with Gasteiger partial charge >= 0.3 is 0 Å². The van der Waals surface area contributed by atoms with Gasteiger partial charge in [-0.1, -0.05) is 32.9 Å². The van der Waals surface area contributed by atoms with Gasteiger partial charge in [0.25, 0.3) is 0 Å². The maximum absolute atomic E-state index is 12.3. The van der Waals surface area contributed by atoms with Gasteiger partial charge in [-0.15, -0.1) is 0 Å². The van der Waals surface area contributed by atoms with Gasteiger partial charge in [0.1, 0.15) is 5.76 Å². The number of oxazole rings is 1. The Morgan fingerprint density at radius 2 is 1.91 bits per heavy atom. The van der Waals surface area contributed by atoms with E-state index in [4.69, 9.17) is 4.42 Å². The number of hydrogen-bond donors (Lipinski definition) is 1. The molecule has 0 aliphatic rings. The van der Waals surface area contributed by atoms with Crippen LogP contribution in [0.2, 0.25) is 0 Å². The second kappa shape index (κ2) is 5.95. The Bertz CT molecular complexity index is 694. The van der Waals surface area contributed by atoms with Gasteiger partial charge in [0.2, 0.25) is 5.91 Å². The first kappa shape index (κ1) is 16.3. The van der Waals surface area contributed by atoms with Crippen molar-refractivity contribution in [2.24, 2.45) is 0 Å². The quantitative estimate of drug-likeness (QED) is 0.929. The van der Waals surface area contributed by atoms with Crippen LogP contribution in [-0.4, -0.2) is 10.9 Å². The lowest BCUT2D eigenvalue weighted by Gasteiger charge is -2.12. The molecule has 118 valence electrons. The number of amides is 1. The van der Waals surface area contributed by atoms with E-state index < -0.39 is 0 Å². The molecule has 1 amide bonds. The highest BCUT2D eigenvalue weighted by Gasteiger charge is 2.23. The summed E-state index contributed by atoms with van der Waals surface area (Å²) in [5, 5.41) is 2.95. The van der Waals surface area contributed by atoms with E-state index in [1.54, 1.807) is 0 Å². The maximum Gasteiger partial charge on any atom is 0.232 e. The molecule has 0 bridgehead atoms. The Hall–Kier alpha value is -2.10. The largest absolute Gasteiger partial charge is 0.444 e. The average Bonchev–Trinajstić information content (AvgIpc) is 2.75. The van der Waals surface area contributed by atoms with Gasteiger partial charge in [-0.2, -0.15) is 0 Å². The first-order valence-corrected chi connectivity index (χ1v) is 7.50. The fraction of sp³-hybridized carbons (Fsp3) is 0.444. The molecule has 4 heteroatoms. The highest BCUT2D eigenvalue weighted by molar-refractivity contribution is 5.92. The SMILES string of the molecule is Cc1ccc(C)c(NC(=O)Cc2oc(C(C)(C)C)nc2C)c1. The second-order valence-electron chi connectivity index (χ2n) is 6.82. The first-order chi connectivity index (χ1) is 10.2. The van der Waals surface area contributed by atoms with Gasteiger partial charge in [-0.3, -0.25) is 4.79 Å². The predicted molar refractivity (Wildman–Crippen MR) is 88.2 cm³/mol. The van der Waals surface area contributed by atoms with Crippen molar-refractivity contribution in [2.75, 3.05) is 5.32 Å². The van der Waals surface area contributed by atoms with Crippen molar-refractivity contribution in [2.45, 2.75) is 53.4 Å². The molecular weight excluding hydrogens is 276 g/mol. The molecule has 0 atom stereocenters. The lowest BCUT2D eigenvalue weighted by Crippen LogP contribution is -2.15. The number of aromatic nitrogens is 1. The summed E-state index contributed by atoms with van der Waals surface area (Å²) in [5.41, 5.74) is 3.63. The summed E-state index contributed by atoms with van der Waals surface area (Å²) in [7, 11) is 0. The zero-order chi connectivity index (χ0) is 16.5. The molecule has 0 radical (unpaired) electrons. The summed E-state index contributed by atoms with van der Waals surface area (Å²) in [6, 6.07) is 6.00. The zero-order valence-corrected chi connectivity index (χ0v) is 14.2. The standard InChI is InChI=1S/C18H24N2O2/c1-11-7-8-12(2)14(9-11)20-16(21)10-15-13(3)19-17(22-15)18(4,5)6/h7-9H,10H2,1-6H3,(H,20,21). The predicted octanol–water partition coefficient (Wildman–Crippen LogP) is 4.08. The van der Waals surface area contributed by atoms with E-state index in [9.17, 15) is 4.79 Å². The molecule has 0 unspecified atom stereocenters. The Morgan fingerprint density at radius 1 is 1.23 bits per heavy atom. The van der Waals surface area contributed by atoms with Crippen LogP contribution in [0.5, 0.6) is 0 Å². The van der Waals surface area contributed by atoms with Gasteiger partial charge in [0, 0.05) is 11.1 Å². The molecule has 4 nitrogen and oxygen atoms in total. The van der Waals surface area contributed by atoms with Crippen LogP contribution in [0.3, 0.4) is 0 Å². The lowest BCUT2D eigenvalue weighted by molar-refractivity contribution is -0.115. The van der Waals surface area contributed by atoms with E-state index in [-0.39, 0.29) is 17.7 Å². The van der Waals surface area contributed by atoms with E-state index in [2.05, 4.69) is 10.3 Å². The van der Waals surface area contributed by atoms with Crippen molar-refractivity contribution in [3.05, 3.63) is 46.7 Å². The van der Waals surface area contributed by atoms with Crippen LogP contribution in [0.25, 0.3) is 0 Å². The molecule has 1 aromatic heterocycles. The van der Waals surface area contributed by atoms with Gasteiger partial charge in [0.05, 0.1) is 12.1 Å². The molecule has 2 aromatic rings. The molecular formula is C18H24N2O2. The molecule has 2 rings (SSSR count).